The van der Waals surface area contributed by atoms with Gasteiger partial charge >= 0.3 is 5.69 Å². The van der Waals surface area contributed by atoms with Crippen LogP contribution in [0, 0.1) is 0 Å². The molecule has 12 nitrogen and oxygen atoms in total. The molecule has 0 radical (unpaired) electrons. The molecule has 1 aromatic carbocycles. The number of fused-ring (bicyclic) bond motifs is 1. The molecule has 33 heavy (non-hydrogen) atoms. The molecule has 0 saturated heterocycles. The van der Waals surface area contributed by atoms with Crippen molar-refractivity contribution < 1.29 is 14.3 Å². The fraction of sp³-hybridized carbons (Fsp3) is 0.238. The summed E-state index contributed by atoms with van der Waals surface area (Å²) in [5.41, 5.74) is 0.358. The monoisotopic (exact) mass is 451 g/mol. The van der Waals surface area contributed by atoms with E-state index in [9.17, 15) is 14.4 Å². The summed E-state index contributed by atoms with van der Waals surface area (Å²) in [7, 11) is 1.60. The summed E-state index contributed by atoms with van der Waals surface area (Å²) in [6.45, 7) is 0.609. The molecule has 12 heteroatoms. The van der Waals surface area contributed by atoms with Crippen LogP contribution in [-0.2, 0) is 11.3 Å². The minimum Gasteiger partial charge on any atom is -0.497 e. The molecule has 0 saturated carbocycles. The number of nitrogens with one attached hydrogen (secondary N) is 2. The lowest BCUT2D eigenvalue weighted by Gasteiger charge is -2.08. The van der Waals surface area contributed by atoms with Crippen LogP contribution in [0.15, 0.2) is 58.3 Å². The van der Waals surface area contributed by atoms with Crippen molar-refractivity contribution in [2.75, 3.05) is 20.3 Å². The number of hydrogen-bond donors (Lipinski definition) is 2. The number of benzene rings is 1. The molecular formula is C21H21N7O5. The Morgan fingerprint density at radius 2 is 1.91 bits per heavy atom. The molecule has 0 aliphatic rings. The van der Waals surface area contributed by atoms with Crippen molar-refractivity contribution in [1.29, 1.82) is 0 Å². The molecule has 0 aliphatic carbocycles. The van der Waals surface area contributed by atoms with E-state index in [-0.39, 0.29) is 32.0 Å². The Hall–Kier alpha value is -4.48. The first-order valence-electron chi connectivity index (χ1n) is 10.1. The predicted molar refractivity (Wildman–Crippen MR) is 117 cm³/mol. The first kappa shape index (κ1) is 21.7. The topological polar surface area (TPSA) is 145 Å². The number of H-pyrrole nitrogens is 1. The number of hydrogen-bond acceptors (Lipinski definition) is 8. The van der Waals surface area contributed by atoms with Gasteiger partial charge < -0.3 is 19.4 Å². The van der Waals surface area contributed by atoms with Crippen LogP contribution in [0.5, 0.6) is 11.6 Å². The number of aryl methyl sites for hydroxylation is 1. The molecule has 0 aliphatic heterocycles. The lowest BCUT2D eigenvalue weighted by molar-refractivity contribution is -0.121. The number of methoxy groups -OCH3 is 1. The van der Waals surface area contributed by atoms with Crippen LogP contribution in [0.3, 0.4) is 0 Å². The number of ether oxygens (including phenoxy) is 2. The van der Waals surface area contributed by atoms with Crippen molar-refractivity contribution in [2.45, 2.75) is 13.0 Å². The van der Waals surface area contributed by atoms with E-state index in [4.69, 9.17) is 9.47 Å². The number of aromatic nitrogens is 6. The number of amides is 1. The summed E-state index contributed by atoms with van der Waals surface area (Å²) in [6, 6.07) is 12.0. The lowest BCUT2D eigenvalue weighted by Crippen LogP contribution is -2.32. The second kappa shape index (κ2) is 9.77. The van der Waals surface area contributed by atoms with E-state index in [1.54, 1.807) is 23.8 Å². The van der Waals surface area contributed by atoms with Crippen molar-refractivity contribution in [3.63, 3.8) is 0 Å². The molecule has 0 unspecified atom stereocenters. The highest BCUT2D eigenvalue weighted by molar-refractivity contribution is 5.75. The maximum Gasteiger partial charge on any atom is 0.328 e. The molecular weight excluding hydrogens is 430 g/mol. The molecule has 0 fully saturated rings. The van der Waals surface area contributed by atoms with Crippen molar-refractivity contribution in [3.05, 3.63) is 69.5 Å². The first-order chi connectivity index (χ1) is 16.0. The van der Waals surface area contributed by atoms with Crippen LogP contribution >= 0.6 is 0 Å². The zero-order chi connectivity index (χ0) is 23.2. The summed E-state index contributed by atoms with van der Waals surface area (Å²) in [4.78, 5) is 36.8. The highest BCUT2D eigenvalue weighted by Crippen LogP contribution is 2.21. The van der Waals surface area contributed by atoms with Gasteiger partial charge in [0.25, 0.3) is 5.56 Å². The summed E-state index contributed by atoms with van der Waals surface area (Å²) >= 11 is 0. The van der Waals surface area contributed by atoms with Crippen LogP contribution in [0.1, 0.15) is 6.42 Å². The summed E-state index contributed by atoms with van der Waals surface area (Å²) < 4.78 is 13.7. The number of carbonyl (C=O) groups is 1. The van der Waals surface area contributed by atoms with Crippen LogP contribution in [0.25, 0.3) is 17.0 Å². The predicted octanol–water partition coefficient (Wildman–Crippen LogP) is 0.235. The normalized spacial score (nSPS) is 10.8. The lowest BCUT2D eigenvalue weighted by atomic mass is 10.2. The maximum absolute atomic E-state index is 12.0. The Morgan fingerprint density at radius 1 is 1.09 bits per heavy atom. The average Bonchev–Trinajstić information content (AvgIpc) is 3.24. The number of rotatable bonds is 9. The molecule has 170 valence electrons. The molecule has 0 bridgehead atoms. The van der Waals surface area contributed by atoms with E-state index in [2.05, 4.69) is 25.6 Å². The second-order valence-electron chi connectivity index (χ2n) is 6.95. The van der Waals surface area contributed by atoms with Crippen LogP contribution in [0.4, 0.5) is 0 Å². The summed E-state index contributed by atoms with van der Waals surface area (Å²) in [5, 5.41) is 15.4. The highest BCUT2D eigenvalue weighted by atomic mass is 16.5. The van der Waals surface area contributed by atoms with Gasteiger partial charge in [-0.3, -0.25) is 14.6 Å². The third kappa shape index (κ3) is 5.23. The van der Waals surface area contributed by atoms with E-state index < -0.39 is 11.2 Å². The molecule has 4 rings (SSSR count). The Kier molecular flexibility index (Phi) is 6.43. The SMILES string of the molecule is COc1ccc(-c2nnc3ccc(OCCNC(=O)CCn4ccc(=O)[nH]c4=O)nn23)cc1. The molecule has 2 N–H and O–H groups in total. The largest absolute Gasteiger partial charge is 0.497 e. The molecule has 3 aromatic heterocycles. The minimum atomic E-state index is -0.553. The third-order valence-electron chi connectivity index (χ3n) is 4.74. The van der Waals surface area contributed by atoms with E-state index in [1.807, 2.05) is 24.3 Å². The molecule has 1 amide bonds. The quantitative estimate of drug-likeness (QED) is 0.344. The zero-order valence-electron chi connectivity index (χ0n) is 17.7. The van der Waals surface area contributed by atoms with Gasteiger partial charge in [-0.15, -0.1) is 15.3 Å². The van der Waals surface area contributed by atoms with Gasteiger partial charge in [0.1, 0.15) is 12.4 Å². The van der Waals surface area contributed by atoms with Crippen LogP contribution < -0.4 is 26.0 Å². The van der Waals surface area contributed by atoms with Gasteiger partial charge in [0, 0.05) is 36.9 Å². The van der Waals surface area contributed by atoms with E-state index in [1.165, 1.54) is 16.8 Å². The Labute approximate surface area is 186 Å². The van der Waals surface area contributed by atoms with Crippen molar-refractivity contribution in [3.8, 4) is 23.0 Å². The Morgan fingerprint density at radius 3 is 2.67 bits per heavy atom. The van der Waals surface area contributed by atoms with Gasteiger partial charge in [-0.1, -0.05) is 0 Å². The van der Waals surface area contributed by atoms with E-state index >= 15 is 0 Å². The highest BCUT2D eigenvalue weighted by Gasteiger charge is 2.11. The number of nitrogens with zero attached hydrogens (tertiary/aromatic N) is 5. The Balaban J connectivity index is 1.30. The van der Waals surface area contributed by atoms with E-state index in [0.29, 0.717) is 17.4 Å². The van der Waals surface area contributed by atoms with Gasteiger partial charge in [-0.25, -0.2) is 4.79 Å². The van der Waals surface area contributed by atoms with Gasteiger partial charge in [0.15, 0.2) is 11.5 Å². The smallest absolute Gasteiger partial charge is 0.328 e. The fourth-order valence-corrected chi connectivity index (χ4v) is 3.05. The first-order valence-corrected chi connectivity index (χ1v) is 10.1. The minimum absolute atomic E-state index is 0.0854. The summed E-state index contributed by atoms with van der Waals surface area (Å²) in [5.74, 6) is 1.40. The summed E-state index contributed by atoms with van der Waals surface area (Å²) in [6.07, 6.45) is 1.44. The van der Waals surface area contributed by atoms with Gasteiger partial charge in [0.2, 0.25) is 11.8 Å². The molecule has 0 spiro atoms. The van der Waals surface area contributed by atoms with Gasteiger partial charge in [-0.05, 0) is 30.3 Å². The Bertz CT molecular complexity index is 1370. The van der Waals surface area contributed by atoms with Crippen LogP contribution in [-0.4, -0.2) is 55.5 Å². The number of carbonyl (C=O) groups excluding carboxylic acids is 1. The van der Waals surface area contributed by atoms with Crippen LogP contribution in [0.2, 0.25) is 0 Å². The van der Waals surface area contributed by atoms with Gasteiger partial charge in [0.05, 0.1) is 13.7 Å². The van der Waals surface area contributed by atoms with E-state index in [0.717, 1.165) is 11.3 Å². The molecule has 4 aromatic rings. The third-order valence-corrected chi connectivity index (χ3v) is 4.74. The van der Waals surface area contributed by atoms with Crippen molar-refractivity contribution in [2.24, 2.45) is 0 Å². The van der Waals surface area contributed by atoms with Gasteiger partial charge in [-0.2, -0.15) is 4.52 Å². The number of aromatic amines is 1. The second-order valence-corrected chi connectivity index (χ2v) is 6.95. The van der Waals surface area contributed by atoms with Crippen molar-refractivity contribution >= 4 is 11.6 Å². The van der Waals surface area contributed by atoms with Crippen molar-refractivity contribution in [1.82, 2.24) is 34.7 Å². The zero-order valence-corrected chi connectivity index (χ0v) is 17.7. The fourth-order valence-electron chi connectivity index (χ4n) is 3.05. The maximum atomic E-state index is 12.0. The molecule has 0 atom stereocenters. The standard InChI is InChI=1S/C21H21N7O5/c1-32-15-4-2-14(3-5-15)20-25-24-16-6-7-19(26-28(16)20)33-13-10-22-17(29)8-11-27-12-9-18(30)23-21(27)31/h2-7,9,12H,8,10-11,13H2,1H3,(H,22,29)(H,23,30,31). The average molecular weight is 451 g/mol. The molecule has 3 heterocycles.